The van der Waals surface area contributed by atoms with Crippen LogP contribution in [0.15, 0.2) is 12.2 Å². The second-order valence-corrected chi connectivity index (χ2v) is 5.09. The van der Waals surface area contributed by atoms with Gasteiger partial charge in [0.25, 0.3) is 0 Å². The molecule has 0 amide bonds. The summed E-state index contributed by atoms with van der Waals surface area (Å²) >= 11 is 0. The highest BCUT2D eigenvalue weighted by atomic mass is 14.4. The van der Waals surface area contributed by atoms with Crippen LogP contribution >= 0.6 is 0 Å². The molecule has 88 valence electrons. The lowest BCUT2D eigenvalue weighted by Crippen LogP contribution is -2.01. The fourth-order valence-corrected chi connectivity index (χ4v) is 2.69. The van der Waals surface area contributed by atoms with Crippen LogP contribution in [-0.2, 0) is 0 Å². The van der Waals surface area contributed by atoms with E-state index in [9.17, 15) is 0 Å². The van der Waals surface area contributed by atoms with Gasteiger partial charge in [0.05, 0.1) is 0 Å². The molecular formula is C15H28. The first-order chi connectivity index (χ1) is 7.33. The fourth-order valence-electron chi connectivity index (χ4n) is 2.69. The Kier molecular flexibility index (Phi) is 6.05. The van der Waals surface area contributed by atoms with Crippen molar-refractivity contribution in [3.05, 3.63) is 12.2 Å². The van der Waals surface area contributed by atoms with Crippen LogP contribution in [-0.4, -0.2) is 0 Å². The molecule has 0 bridgehead atoms. The van der Waals surface area contributed by atoms with Crippen molar-refractivity contribution in [1.29, 1.82) is 0 Å². The molecule has 1 rings (SSSR count). The van der Waals surface area contributed by atoms with Gasteiger partial charge in [-0.15, -0.1) is 0 Å². The van der Waals surface area contributed by atoms with Crippen molar-refractivity contribution < 1.29 is 0 Å². The van der Waals surface area contributed by atoms with Crippen LogP contribution in [0.3, 0.4) is 0 Å². The summed E-state index contributed by atoms with van der Waals surface area (Å²) in [4.78, 5) is 0. The SMILES string of the molecule is CCC=CC(CCC)C1CC1CCCC. The number of rotatable bonds is 8. The smallest absolute Gasteiger partial charge is 0.0202 e. The zero-order chi connectivity index (χ0) is 11.1. The minimum Gasteiger partial charge on any atom is -0.0885 e. The molecule has 0 aromatic rings. The van der Waals surface area contributed by atoms with Gasteiger partial charge in [-0.25, -0.2) is 0 Å². The van der Waals surface area contributed by atoms with E-state index in [1.165, 1.54) is 44.9 Å². The van der Waals surface area contributed by atoms with E-state index in [2.05, 4.69) is 32.9 Å². The Bertz CT molecular complexity index is 180. The summed E-state index contributed by atoms with van der Waals surface area (Å²) in [6, 6.07) is 0. The van der Waals surface area contributed by atoms with Gasteiger partial charge in [-0.05, 0) is 37.0 Å². The molecule has 0 heteroatoms. The molecular weight excluding hydrogens is 180 g/mol. The van der Waals surface area contributed by atoms with Crippen molar-refractivity contribution in [2.24, 2.45) is 17.8 Å². The molecule has 0 heterocycles. The Morgan fingerprint density at radius 2 is 2.00 bits per heavy atom. The molecule has 0 nitrogen and oxygen atoms in total. The summed E-state index contributed by atoms with van der Waals surface area (Å²) in [6.45, 7) is 6.86. The standard InChI is InChI=1S/C15H28/c1-4-7-10-13(9-6-3)15-12-14(15)11-8-5-2/h7,10,13-15H,4-6,8-9,11-12H2,1-3H3. The molecule has 3 unspecified atom stereocenters. The summed E-state index contributed by atoms with van der Waals surface area (Å²) < 4.78 is 0. The first-order valence-corrected chi connectivity index (χ1v) is 7.00. The molecule has 0 aromatic heterocycles. The maximum absolute atomic E-state index is 2.50. The third kappa shape index (κ3) is 4.40. The summed E-state index contributed by atoms with van der Waals surface area (Å²) in [5, 5.41) is 0. The Balaban J connectivity index is 2.29. The number of allylic oxidation sites excluding steroid dienone is 2. The first-order valence-electron chi connectivity index (χ1n) is 7.00. The lowest BCUT2D eigenvalue weighted by Gasteiger charge is -2.11. The largest absolute Gasteiger partial charge is 0.0885 e. The van der Waals surface area contributed by atoms with E-state index in [-0.39, 0.29) is 0 Å². The predicted molar refractivity (Wildman–Crippen MR) is 69.0 cm³/mol. The Morgan fingerprint density at radius 1 is 1.20 bits per heavy atom. The molecule has 15 heavy (non-hydrogen) atoms. The quantitative estimate of drug-likeness (QED) is 0.481. The molecule has 1 aliphatic rings. The van der Waals surface area contributed by atoms with Gasteiger partial charge in [0, 0.05) is 0 Å². The van der Waals surface area contributed by atoms with Gasteiger partial charge in [-0.3, -0.25) is 0 Å². The Labute approximate surface area is 96.2 Å². The minimum absolute atomic E-state index is 0.900. The van der Waals surface area contributed by atoms with E-state index in [1.807, 2.05) is 0 Å². The summed E-state index contributed by atoms with van der Waals surface area (Å²) in [5.41, 5.74) is 0. The molecule has 0 N–H and O–H groups in total. The summed E-state index contributed by atoms with van der Waals surface area (Å²) in [6.07, 6.45) is 14.6. The average Bonchev–Trinajstić information content (AvgIpc) is 3.00. The van der Waals surface area contributed by atoms with Crippen LogP contribution in [0.5, 0.6) is 0 Å². The van der Waals surface area contributed by atoms with Crippen molar-refractivity contribution in [2.45, 2.75) is 65.7 Å². The van der Waals surface area contributed by atoms with Gasteiger partial charge in [0.2, 0.25) is 0 Å². The monoisotopic (exact) mass is 208 g/mol. The third-order valence-electron chi connectivity index (χ3n) is 3.70. The zero-order valence-corrected chi connectivity index (χ0v) is 10.8. The summed E-state index contributed by atoms with van der Waals surface area (Å²) in [7, 11) is 0. The molecule has 0 saturated heterocycles. The molecule has 3 atom stereocenters. The molecule has 0 aliphatic heterocycles. The van der Waals surface area contributed by atoms with Gasteiger partial charge < -0.3 is 0 Å². The normalized spacial score (nSPS) is 27.1. The Hall–Kier alpha value is -0.260. The number of hydrogen-bond acceptors (Lipinski definition) is 0. The van der Waals surface area contributed by atoms with E-state index in [1.54, 1.807) is 0 Å². The second kappa shape index (κ2) is 7.09. The van der Waals surface area contributed by atoms with Gasteiger partial charge in [-0.2, -0.15) is 0 Å². The zero-order valence-electron chi connectivity index (χ0n) is 10.8. The molecule has 0 aromatic carbocycles. The van der Waals surface area contributed by atoms with E-state index >= 15 is 0 Å². The maximum Gasteiger partial charge on any atom is -0.0202 e. The van der Waals surface area contributed by atoms with E-state index < -0.39 is 0 Å². The van der Waals surface area contributed by atoms with Gasteiger partial charge in [-0.1, -0.05) is 58.6 Å². The van der Waals surface area contributed by atoms with E-state index in [0.717, 1.165) is 17.8 Å². The van der Waals surface area contributed by atoms with Crippen molar-refractivity contribution in [2.75, 3.05) is 0 Å². The maximum atomic E-state index is 2.50. The average molecular weight is 208 g/mol. The minimum atomic E-state index is 0.900. The molecule has 1 fully saturated rings. The van der Waals surface area contributed by atoms with Gasteiger partial charge in [0.15, 0.2) is 0 Å². The van der Waals surface area contributed by atoms with Crippen molar-refractivity contribution >= 4 is 0 Å². The van der Waals surface area contributed by atoms with Crippen LogP contribution in [0.2, 0.25) is 0 Å². The van der Waals surface area contributed by atoms with Gasteiger partial charge >= 0.3 is 0 Å². The molecule has 0 radical (unpaired) electrons. The Morgan fingerprint density at radius 3 is 2.60 bits per heavy atom. The lowest BCUT2D eigenvalue weighted by atomic mass is 9.95. The molecule has 0 spiro atoms. The van der Waals surface area contributed by atoms with Crippen LogP contribution < -0.4 is 0 Å². The van der Waals surface area contributed by atoms with Crippen molar-refractivity contribution in [3.8, 4) is 0 Å². The van der Waals surface area contributed by atoms with Crippen molar-refractivity contribution in [3.63, 3.8) is 0 Å². The van der Waals surface area contributed by atoms with E-state index in [0.29, 0.717) is 0 Å². The van der Waals surface area contributed by atoms with E-state index in [4.69, 9.17) is 0 Å². The van der Waals surface area contributed by atoms with Gasteiger partial charge in [0.1, 0.15) is 0 Å². The van der Waals surface area contributed by atoms with Crippen molar-refractivity contribution in [1.82, 2.24) is 0 Å². The van der Waals surface area contributed by atoms with Crippen LogP contribution in [0.4, 0.5) is 0 Å². The third-order valence-corrected chi connectivity index (χ3v) is 3.70. The van der Waals surface area contributed by atoms with Crippen LogP contribution in [0.1, 0.15) is 65.7 Å². The lowest BCUT2D eigenvalue weighted by molar-refractivity contribution is 0.467. The predicted octanol–water partition coefficient (Wildman–Crippen LogP) is 5.20. The number of hydrogen-bond donors (Lipinski definition) is 0. The first kappa shape index (κ1) is 12.8. The number of unbranched alkanes of at least 4 members (excludes halogenated alkanes) is 1. The topological polar surface area (TPSA) is 0 Å². The highest BCUT2D eigenvalue weighted by molar-refractivity contribution is 5.00. The van der Waals surface area contributed by atoms with Crippen LogP contribution in [0.25, 0.3) is 0 Å². The summed E-state index contributed by atoms with van der Waals surface area (Å²) in [5.74, 6) is 3.01. The second-order valence-electron chi connectivity index (χ2n) is 5.09. The van der Waals surface area contributed by atoms with Crippen LogP contribution in [0, 0.1) is 17.8 Å². The highest BCUT2D eigenvalue weighted by Crippen LogP contribution is 2.49. The molecule has 1 saturated carbocycles. The molecule has 1 aliphatic carbocycles. The highest BCUT2D eigenvalue weighted by Gasteiger charge is 2.40. The fraction of sp³-hybridized carbons (Fsp3) is 0.867.